The number of hydrogen-bond acceptors (Lipinski definition) is 6. The van der Waals surface area contributed by atoms with Gasteiger partial charge in [0.05, 0.1) is 16.6 Å². The Kier molecular flexibility index (Phi) is 5.13. The molecule has 1 aliphatic heterocycles. The highest BCUT2D eigenvalue weighted by Crippen LogP contribution is 2.14. The molecule has 0 aromatic carbocycles. The second-order valence-corrected chi connectivity index (χ2v) is 6.58. The number of aryl methyl sites for hydroxylation is 1. The Morgan fingerprint density at radius 3 is 2.52 bits per heavy atom. The highest BCUT2D eigenvalue weighted by molar-refractivity contribution is 7.12. The lowest BCUT2D eigenvalue weighted by atomic mass is 10.3. The first-order valence-electron chi connectivity index (χ1n) is 7.81. The molecule has 1 saturated heterocycles. The van der Waals surface area contributed by atoms with Crippen molar-refractivity contribution in [1.29, 1.82) is 0 Å². The molecule has 3 rings (SSSR count). The van der Waals surface area contributed by atoms with Crippen molar-refractivity contribution in [3.8, 4) is 0 Å². The number of piperazine rings is 1. The van der Waals surface area contributed by atoms with Gasteiger partial charge >= 0.3 is 5.97 Å². The van der Waals surface area contributed by atoms with Gasteiger partial charge in [-0.2, -0.15) is 5.10 Å². The minimum Gasteiger partial charge on any atom is -0.452 e. The molecule has 2 aromatic heterocycles. The highest BCUT2D eigenvalue weighted by Gasteiger charge is 2.26. The van der Waals surface area contributed by atoms with E-state index in [4.69, 9.17) is 4.74 Å². The van der Waals surface area contributed by atoms with Crippen molar-refractivity contribution in [2.24, 2.45) is 7.05 Å². The molecule has 8 nitrogen and oxygen atoms in total. The Morgan fingerprint density at radius 2 is 1.92 bits per heavy atom. The predicted molar refractivity (Wildman–Crippen MR) is 90.3 cm³/mol. The van der Waals surface area contributed by atoms with Gasteiger partial charge in [0.15, 0.2) is 6.61 Å². The summed E-state index contributed by atoms with van der Waals surface area (Å²) in [5, 5.41) is 5.75. The molecule has 0 saturated carbocycles. The topological polar surface area (TPSA) is 84.7 Å². The van der Waals surface area contributed by atoms with Gasteiger partial charge in [-0.1, -0.05) is 6.07 Å². The monoisotopic (exact) mass is 362 g/mol. The van der Waals surface area contributed by atoms with Crippen molar-refractivity contribution in [2.45, 2.75) is 0 Å². The van der Waals surface area contributed by atoms with E-state index in [0.29, 0.717) is 36.6 Å². The van der Waals surface area contributed by atoms with Gasteiger partial charge in [-0.15, -0.1) is 11.3 Å². The highest BCUT2D eigenvalue weighted by atomic mass is 32.1. The van der Waals surface area contributed by atoms with Crippen LogP contribution >= 0.6 is 11.3 Å². The van der Waals surface area contributed by atoms with Crippen LogP contribution in [-0.4, -0.2) is 70.1 Å². The van der Waals surface area contributed by atoms with E-state index in [1.54, 1.807) is 22.9 Å². The molecule has 0 unspecified atom stereocenters. The maximum absolute atomic E-state index is 12.3. The van der Waals surface area contributed by atoms with Gasteiger partial charge in [-0.25, -0.2) is 4.79 Å². The predicted octanol–water partition coefficient (Wildman–Crippen LogP) is 0.623. The van der Waals surface area contributed by atoms with Crippen LogP contribution in [0.3, 0.4) is 0 Å². The maximum atomic E-state index is 12.3. The number of rotatable bonds is 4. The lowest BCUT2D eigenvalue weighted by Gasteiger charge is -2.34. The van der Waals surface area contributed by atoms with Crippen molar-refractivity contribution in [3.63, 3.8) is 0 Å². The molecule has 2 aromatic rings. The van der Waals surface area contributed by atoms with Crippen molar-refractivity contribution in [1.82, 2.24) is 19.6 Å². The smallest absolute Gasteiger partial charge is 0.341 e. The fourth-order valence-corrected chi connectivity index (χ4v) is 3.23. The van der Waals surface area contributed by atoms with E-state index in [2.05, 4.69) is 5.10 Å². The Hall–Kier alpha value is -2.68. The van der Waals surface area contributed by atoms with Crippen LogP contribution in [0.15, 0.2) is 29.9 Å². The minimum absolute atomic E-state index is 0.00916. The fraction of sp³-hybridized carbons (Fsp3) is 0.375. The third-order valence-corrected chi connectivity index (χ3v) is 4.78. The summed E-state index contributed by atoms with van der Waals surface area (Å²) in [6.45, 7) is 1.49. The third kappa shape index (κ3) is 4.05. The molecule has 2 amide bonds. The van der Waals surface area contributed by atoms with E-state index in [0.717, 1.165) is 0 Å². The molecule has 0 bridgehead atoms. The van der Waals surface area contributed by atoms with Crippen LogP contribution in [0, 0.1) is 0 Å². The molecule has 1 fully saturated rings. The summed E-state index contributed by atoms with van der Waals surface area (Å²) in [7, 11) is 1.69. The zero-order chi connectivity index (χ0) is 17.8. The first kappa shape index (κ1) is 17.2. The molecule has 0 N–H and O–H groups in total. The van der Waals surface area contributed by atoms with Crippen molar-refractivity contribution in [2.75, 3.05) is 32.8 Å². The minimum atomic E-state index is -0.576. The largest absolute Gasteiger partial charge is 0.452 e. The quantitative estimate of drug-likeness (QED) is 0.745. The average Bonchev–Trinajstić information content (AvgIpc) is 3.30. The number of hydrogen-bond donors (Lipinski definition) is 0. The second-order valence-electron chi connectivity index (χ2n) is 5.63. The van der Waals surface area contributed by atoms with E-state index in [1.165, 1.54) is 28.4 Å². The molecule has 9 heteroatoms. The first-order valence-corrected chi connectivity index (χ1v) is 8.69. The molecular weight excluding hydrogens is 344 g/mol. The molecule has 1 aliphatic rings. The van der Waals surface area contributed by atoms with Crippen molar-refractivity contribution >= 4 is 29.1 Å². The zero-order valence-electron chi connectivity index (χ0n) is 13.8. The number of esters is 1. The Balaban J connectivity index is 1.45. The first-order chi connectivity index (χ1) is 12.0. The van der Waals surface area contributed by atoms with Crippen LogP contribution in [0.2, 0.25) is 0 Å². The van der Waals surface area contributed by atoms with Crippen LogP contribution in [-0.2, 0) is 16.6 Å². The van der Waals surface area contributed by atoms with Gasteiger partial charge in [0.2, 0.25) is 0 Å². The molecule has 25 heavy (non-hydrogen) atoms. The van der Waals surface area contributed by atoms with Crippen LogP contribution in [0.5, 0.6) is 0 Å². The summed E-state index contributed by atoms with van der Waals surface area (Å²) in [6, 6.07) is 3.64. The average molecular weight is 362 g/mol. The number of carbonyl (C=O) groups excluding carboxylic acids is 3. The van der Waals surface area contributed by atoms with Crippen molar-refractivity contribution in [3.05, 3.63) is 40.3 Å². The normalized spacial score (nSPS) is 14.4. The van der Waals surface area contributed by atoms with E-state index in [9.17, 15) is 14.4 Å². The van der Waals surface area contributed by atoms with E-state index >= 15 is 0 Å². The number of amides is 2. The summed E-state index contributed by atoms with van der Waals surface area (Å²) >= 11 is 1.41. The Morgan fingerprint density at radius 1 is 1.20 bits per heavy atom. The molecular formula is C16H18N4O4S. The number of ether oxygens (including phenoxy) is 1. The van der Waals surface area contributed by atoms with Gasteiger partial charge in [0.25, 0.3) is 11.8 Å². The fourth-order valence-electron chi connectivity index (χ4n) is 2.54. The second kappa shape index (κ2) is 7.47. The van der Waals surface area contributed by atoms with Gasteiger partial charge in [-0.3, -0.25) is 14.3 Å². The Bertz CT molecular complexity index is 763. The molecule has 0 atom stereocenters. The Labute approximate surface area is 148 Å². The number of aromatic nitrogens is 2. The number of thiophene rings is 1. The lowest BCUT2D eigenvalue weighted by molar-refractivity contribution is -0.136. The van der Waals surface area contributed by atoms with E-state index in [-0.39, 0.29) is 18.4 Å². The van der Waals surface area contributed by atoms with Crippen LogP contribution in [0.1, 0.15) is 20.0 Å². The van der Waals surface area contributed by atoms with E-state index in [1.807, 2.05) is 11.4 Å². The van der Waals surface area contributed by atoms with Gasteiger partial charge in [-0.05, 0) is 11.4 Å². The number of nitrogens with zero attached hydrogens (tertiary/aromatic N) is 4. The molecule has 0 radical (unpaired) electrons. The molecule has 0 aliphatic carbocycles. The van der Waals surface area contributed by atoms with Crippen molar-refractivity contribution < 1.29 is 19.1 Å². The van der Waals surface area contributed by atoms with Crippen LogP contribution in [0.4, 0.5) is 0 Å². The molecule has 132 valence electrons. The number of carbonyl (C=O) groups is 3. The molecule has 0 spiro atoms. The van der Waals surface area contributed by atoms with Crippen LogP contribution < -0.4 is 0 Å². The third-order valence-electron chi connectivity index (χ3n) is 3.92. The maximum Gasteiger partial charge on any atom is 0.341 e. The summed E-state index contributed by atoms with van der Waals surface area (Å²) in [5.41, 5.74) is 0.307. The van der Waals surface area contributed by atoms with Gasteiger partial charge in [0.1, 0.15) is 0 Å². The summed E-state index contributed by atoms with van der Waals surface area (Å²) in [5.74, 6) is -0.849. The lowest BCUT2D eigenvalue weighted by Crippen LogP contribution is -2.51. The van der Waals surface area contributed by atoms with Gasteiger partial charge in [0, 0.05) is 39.4 Å². The summed E-state index contributed by atoms with van der Waals surface area (Å²) < 4.78 is 6.52. The van der Waals surface area contributed by atoms with E-state index < -0.39 is 5.97 Å². The summed E-state index contributed by atoms with van der Waals surface area (Å²) in [6.07, 6.45) is 2.92. The van der Waals surface area contributed by atoms with Crippen LogP contribution in [0.25, 0.3) is 0 Å². The summed E-state index contributed by atoms with van der Waals surface area (Å²) in [4.78, 5) is 40.3. The SMILES string of the molecule is Cn1cc(C(=O)OCC(=O)N2CCN(C(=O)c3cccs3)CC2)cn1. The zero-order valence-corrected chi connectivity index (χ0v) is 14.6. The standard InChI is InChI=1S/C16H18N4O4S/c1-18-10-12(9-17-18)16(23)24-11-14(21)19-4-6-20(7-5-19)15(22)13-3-2-8-25-13/h2-3,8-10H,4-7,11H2,1H3. The molecule has 3 heterocycles. The van der Waals surface area contributed by atoms with Gasteiger partial charge < -0.3 is 14.5 Å².